The number of carbonyl (C=O) groups excluding carboxylic acids is 1. The first kappa shape index (κ1) is 18.9. The fourth-order valence-electron chi connectivity index (χ4n) is 3.02. The minimum absolute atomic E-state index is 0.155. The summed E-state index contributed by atoms with van der Waals surface area (Å²) in [5, 5.41) is 3.85. The monoisotopic (exact) mass is 371 g/mol. The maximum Gasteiger partial charge on any atom is 0.242 e. The molecule has 2 rings (SSSR count). The smallest absolute Gasteiger partial charge is 0.242 e. The second kappa shape index (κ2) is 8.62. The van der Waals surface area contributed by atoms with E-state index in [9.17, 15) is 9.18 Å². The van der Waals surface area contributed by atoms with Crippen LogP contribution in [0.15, 0.2) is 18.2 Å². The van der Waals surface area contributed by atoms with Crippen LogP contribution in [-0.2, 0) is 11.2 Å². The zero-order valence-electron chi connectivity index (χ0n) is 13.9. The van der Waals surface area contributed by atoms with Gasteiger partial charge in [-0.15, -0.1) is 0 Å². The Kier molecular flexibility index (Phi) is 6.80. The van der Waals surface area contributed by atoms with Crippen LogP contribution >= 0.6 is 23.8 Å². The van der Waals surface area contributed by atoms with Crippen molar-refractivity contribution in [3.63, 3.8) is 0 Å². The van der Waals surface area contributed by atoms with E-state index < -0.39 is 11.7 Å². The van der Waals surface area contributed by atoms with E-state index in [1.54, 1.807) is 6.07 Å². The first-order chi connectivity index (χ1) is 11.4. The Morgan fingerprint density at radius 2 is 2.08 bits per heavy atom. The summed E-state index contributed by atoms with van der Waals surface area (Å²) < 4.78 is 13.7. The summed E-state index contributed by atoms with van der Waals surface area (Å²) in [4.78, 5) is 11.9. The Labute approximate surface area is 152 Å². The normalized spacial score (nSPS) is 23.4. The van der Waals surface area contributed by atoms with Crippen molar-refractivity contribution in [1.29, 1.82) is 0 Å². The SMILES string of the molecule is C[C@H]1[C@@H](NC(=S)NNC(=O)Cc2c(F)cccc2Cl)CCC[C@@H]1C. The molecule has 1 aromatic carbocycles. The molecule has 3 N–H and O–H groups in total. The summed E-state index contributed by atoms with van der Waals surface area (Å²) in [5.74, 6) is 0.267. The van der Waals surface area contributed by atoms with Crippen molar-refractivity contribution in [2.75, 3.05) is 0 Å². The predicted octanol–water partition coefficient (Wildman–Crippen LogP) is 3.34. The number of rotatable bonds is 3. The number of hydrazine groups is 1. The Hall–Kier alpha value is -1.40. The van der Waals surface area contributed by atoms with Crippen LogP contribution in [0.5, 0.6) is 0 Å². The highest BCUT2D eigenvalue weighted by Crippen LogP contribution is 2.29. The number of thiocarbonyl (C=S) groups is 1. The molecule has 24 heavy (non-hydrogen) atoms. The third-order valence-electron chi connectivity index (χ3n) is 4.74. The lowest BCUT2D eigenvalue weighted by Gasteiger charge is -2.35. The zero-order valence-corrected chi connectivity index (χ0v) is 15.4. The molecule has 1 amide bonds. The summed E-state index contributed by atoms with van der Waals surface area (Å²) >= 11 is 11.1. The van der Waals surface area contributed by atoms with Gasteiger partial charge in [-0.3, -0.25) is 15.6 Å². The maximum absolute atomic E-state index is 13.7. The third-order valence-corrected chi connectivity index (χ3v) is 5.31. The molecule has 1 saturated carbocycles. The molecule has 1 aliphatic carbocycles. The van der Waals surface area contributed by atoms with Crippen molar-refractivity contribution >= 4 is 34.8 Å². The van der Waals surface area contributed by atoms with E-state index in [0.717, 1.165) is 6.42 Å². The van der Waals surface area contributed by atoms with Crippen molar-refractivity contribution in [3.05, 3.63) is 34.6 Å². The molecule has 0 unspecified atom stereocenters. The van der Waals surface area contributed by atoms with E-state index >= 15 is 0 Å². The second-order valence-electron chi connectivity index (χ2n) is 6.40. The van der Waals surface area contributed by atoms with Crippen LogP contribution in [0, 0.1) is 17.7 Å². The van der Waals surface area contributed by atoms with E-state index in [-0.39, 0.29) is 17.0 Å². The molecular weight excluding hydrogens is 349 g/mol. The highest BCUT2D eigenvalue weighted by atomic mass is 35.5. The molecule has 0 aromatic heterocycles. The van der Waals surface area contributed by atoms with Gasteiger partial charge in [0.05, 0.1) is 6.42 Å². The minimum Gasteiger partial charge on any atom is -0.358 e. The molecule has 0 radical (unpaired) electrons. The van der Waals surface area contributed by atoms with Gasteiger partial charge in [0.15, 0.2) is 5.11 Å². The largest absolute Gasteiger partial charge is 0.358 e. The molecule has 0 aliphatic heterocycles. The van der Waals surface area contributed by atoms with Crippen LogP contribution in [0.3, 0.4) is 0 Å². The van der Waals surface area contributed by atoms with Crippen molar-refractivity contribution in [2.45, 2.75) is 45.6 Å². The van der Waals surface area contributed by atoms with Gasteiger partial charge in [0.2, 0.25) is 5.91 Å². The highest BCUT2D eigenvalue weighted by Gasteiger charge is 2.27. The summed E-state index contributed by atoms with van der Waals surface area (Å²) in [6.07, 6.45) is 3.31. The summed E-state index contributed by atoms with van der Waals surface area (Å²) in [6, 6.07) is 4.63. The number of amides is 1. The van der Waals surface area contributed by atoms with Gasteiger partial charge in [0.1, 0.15) is 5.82 Å². The summed E-state index contributed by atoms with van der Waals surface area (Å²) in [7, 11) is 0. The molecule has 4 nitrogen and oxygen atoms in total. The van der Waals surface area contributed by atoms with Gasteiger partial charge >= 0.3 is 0 Å². The van der Waals surface area contributed by atoms with Gasteiger partial charge < -0.3 is 5.32 Å². The fraction of sp³-hybridized carbons (Fsp3) is 0.529. The van der Waals surface area contributed by atoms with Crippen molar-refractivity contribution in [3.8, 4) is 0 Å². The molecule has 0 heterocycles. The highest BCUT2D eigenvalue weighted by molar-refractivity contribution is 7.80. The predicted molar refractivity (Wildman–Crippen MR) is 98.1 cm³/mol. The third kappa shape index (κ3) is 5.05. The van der Waals surface area contributed by atoms with Gasteiger partial charge in [-0.1, -0.05) is 44.4 Å². The number of benzene rings is 1. The molecule has 7 heteroatoms. The van der Waals surface area contributed by atoms with Crippen molar-refractivity contribution in [2.24, 2.45) is 11.8 Å². The number of nitrogens with one attached hydrogen (secondary N) is 3. The van der Waals surface area contributed by atoms with Gasteiger partial charge in [0, 0.05) is 16.6 Å². The van der Waals surface area contributed by atoms with Crippen LogP contribution in [0.25, 0.3) is 0 Å². The Balaban J connectivity index is 1.80. The Morgan fingerprint density at radius 3 is 2.79 bits per heavy atom. The maximum atomic E-state index is 13.7. The van der Waals surface area contributed by atoms with Gasteiger partial charge in [-0.25, -0.2) is 4.39 Å². The second-order valence-corrected chi connectivity index (χ2v) is 7.21. The summed E-state index contributed by atoms with van der Waals surface area (Å²) in [6.45, 7) is 4.46. The van der Waals surface area contributed by atoms with Crippen LogP contribution in [0.2, 0.25) is 5.02 Å². The first-order valence-electron chi connectivity index (χ1n) is 8.16. The minimum atomic E-state index is -0.497. The number of carbonyl (C=O) groups is 1. The summed E-state index contributed by atoms with van der Waals surface area (Å²) in [5.41, 5.74) is 5.34. The van der Waals surface area contributed by atoms with Gasteiger partial charge in [0.25, 0.3) is 0 Å². The lowest BCUT2D eigenvalue weighted by molar-refractivity contribution is -0.121. The molecule has 1 aromatic rings. The average Bonchev–Trinajstić information content (AvgIpc) is 2.53. The van der Waals surface area contributed by atoms with Gasteiger partial charge in [-0.2, -0.15) is 0 Å². The topological polar surface area (TPSA) is 53.2 Å². The molecular formula is C17H23ClFN3OS. The molecule has 0 spiro atoms. The van der Waals surface area contributed by atoms with Crippen LogP contribution < -0.4 is 16.2 Å². The lowest BCUT2D eigenvalue weighted by atomic mass is 9.78. The standard InChI is InChI=1S/C17H23ClFN3OS/c1-10-5-3-8-15(11(10)2)20-17(24)22-21-16(23)9-12-13(18)6-4-7-14(12)19/h4,6-7,10-11,15H,3,5,8-9H2,1-2H3,(H,21,23)(H2,20,22,24)/t10-,11+,15-/m0/s1. The molecule has 1 fully saturated rings. The molecule has 1 aliphatic rings. The Morgan fingerprint density at radius 1 is 1.33 bits per heavy atom. The Bertz CT molecular complexity index is 593. The van der Waals surface area contributed by atoms with E-state index in [2.05, 4.69) is 30.0 Å². The zero-order chi connectivity index (χ0) is 17.7. The average molecular weight is 372 g/mol. The molecule has 3 atom stereocenters. The van der Waals surface area contributed by atoms with E-state index in [4.69, 9.17) is 23.8 Å². The first-order valence-corrected chi connectivity index (χ1v) is 8.95. The fourth-order valence-corrected chi connectivity index (χ4v) is 3.45. The van der Waals surface area contributed by atoms with Crippen LogP contribution in [0.1, 0.15) is 38.7 Å². The van der Waals surface area contributed by atoms with Gasteiger partial charge in [-0.05, 0) is 42.6 Å². The van der Waals surface area contributed by atoms with E-state index in [1.165, 1.54) is 25.0 Å². The number of halogens is 2. The quantitative estimate of drug-likeness (QED) is 0.563. The lowest BCUT2D eigenvalue weighted by Crippen LogP contribution is -2.52. The molecule has 0 saturated heterocycles. The van der Waals surface area contributed by atoms with E-state index in [0.29, 0.717) is 23.0 Å². The van der Waals surface area contributed by atoms with Crippen molar-refractivity contribution < 1.29 is 9.18 Å². The molecule has 0 bridgehead atoms. The number of hydrogen-bond donors (Lipinski definition) is 3. The molecule has 132 valence electrons. The van der Waals surface area contributed by atoms with Crippen LogP contribution in [-0.4, -0.2) is 17.1 Å². The number of hydrogen-bond acceptors (Lipinski definition) is 2. The van der Waals surface area contributed by atoms with E-state index in [1.807, 2.05) is 0 Å². The van der Waals surface area contributed by atoms with Crippen molar-refractivity contribution in [1.82, 2.24) is 16.2 Å². The van der Waals surface area contributed by atoms with Crippen LogP contribution in [0.4, 0.5) is 4.39 Å².